The lowest BCUT2D eigenvalue weighted by Crippen LogP contribution is -2.37. The van der Waals surface area contributed by atoms with Crippen LogP contribution in [-0.2, 0) is 9.53 Å². The maximum absolute atomic E-state index is 12.4. The molecule has 0 saturated carbocycles. The fourth-order valence-electron chi connectivity index (χ4n) is 3.69. The van der Waals surface area contributed by atoms with E-state index < -0.39 is 30.0 Å². The summed E-state index contributed by atoms with van der Waals surface area (Å²) in [5.74, 6) is -0.494. The molecule has 0 amide bonds. The Morgan fingerprint density at radius 2 is 1.78 bits per heavy atom. The van der Waals surface area contributed by atoms with Gasteiger partial charge in [0.2, 0.25) is 6.04 Å². The van der Waals surface area contributed by atoms with Crippen molar-refractivity contribution in [2.24, 2.45) is 0 Å². The third-order valence-electron chi connectivity index (χ3n) is 4.86. The van der Waals surface area contributed by atoms with Crippen molar-refractivity contribution in [2.75, 3.05) is 13.7 Å². The molecule has 4 atom stereocenters. The van der Waals surface area contributed by atoms with Crippen LogP contribution in [0, 0.1) is 10.1 Å². The fraction of sp³-hybridized carbons (Fsp3) is 0.350. The number of carbonyl (C=O) groups is 1. The fourth-order valence-corrected chi connectivity index (χ4v) is 3.69. The largest absolute Gasteiger partial charge is 0.494 e. The quantitative estimate of drug-likeness (QED) is 0.478. The van der Waals surface area contributed by atoms with Crippen LogP contribution in [0.25, 0.3) is 0 Å². The molecule has 1 heterocycles. The number of esters is 1. The first-order valence-corrected chi connectivity index (χ1v) is 8.82. The average molecular weight is 370 g/mol. The van der Waals surface area contributed by atoms with Gasteiger partial charge in [0.05, 0.1) is 19.6 Å². The number of benzene rings is 2. The third-order valence-corrected chi connectivity index (χ3v) is 4.86. The van der Waals surface area contributed by atoms with Crippen molar-refractivity contribution < 1.29 is 19.2 Å². The van der Waals surface area contributed by atoms with Crippen molar-refractivity contribution in [3.63, 3.8) is 0 Å². The second kappa shape index (κ2) is 8.18. The van der Waals surface area contributed by atoms with Gasteiger partial charge in [-0.1, -0.05) is 42.5 Å². The van der Waals surface area contributed by atoms with E-state index >= 15 is 0 Å². The number of nitro groups is 1. The number of hydrogen-bond donors (Lipinski definition) is 1. The zero-order valence-electron chi connectivity index (χ0n) is 15.2. The summed E-state index contributed by atoms with van der Waals surface area (Å²) in [4.78, 5) is 24.1. The van der Waals surface area contributed by atoms with Crippen molar-refractivity contribution in [1.29, 1.82) is 0 Å². The molecular weight excluding hydrogens is 348 g/mol. The van der Waals surface area contributed by atoms with Gasteiger partial charge in [-0.25, -0.2) is 0 Å². The summed E-state index contributed by atoms with van der Waals surface area (Å²) in [6.07, 6.45) is 0. The van der Waals surface area contributed by atoms with Gasteiger partial charge in [0.15, 0.2) is 0 Å². The number of ether oxygens (including phenoxy) is 2. The van der Waals surface area contributed by atoms with Crippen LogP contribution in [0.3, 0.4) is 0 Å². The molecule has 1 fully saturated rings. The van der Waals surface area contributed by atoms with Gasteiger partial charge in [-0.15, -0.1) is 0 Å². The second-order valence-electron chi connectivity index (χ2n) is 6.36. The van der Waals surface area contributed by atoms with Crippen LogP contribution in [0.1, 0.15) is 30.0 Å². The lowest BCUT2D eigenvalue weighted by atomic mass is 9.85. The van der Waals surface area contributed by atoms with E-state index in [4.69, 9.17) is 9.47 Å². The smallest absolute Gasteiger partial charge is 0.323 e. The van der Waals surface area contributed by atoms with Crippen LogP contribution < -0.4 is 10.1 Å². The molecular formula is C20H22N2O5. The van der Waals surface area contributed by atoms with E-state index in [9.17, 15) is 14.9 Å². The Morgan fingerprint density at radius 3 is 2.33 bits per heavy atom. The van der Waals surface area contributed by atoms with E-state index in [1.165, 1.54) is 7.11 Å². The SMILES string of the molecule is CCOc1ccc([C@@H]2[C@@H]([N+](=O)[O-])[C@@H](c3ccccc3)N[C@H]2C(=O)OC)cc1. The molecule has 1 aliphatic heterocycles. The van der Waals surface area contributed by atoms with Gasteiger partial charge in [-0.3, -0.25) is 20.2 Å². The Kier molecular flexibility index (Phi) is 5.71. The molecule has 0 radical (unpaired) electrons. The lowest BCUT2D eigenvalue weighted by molar-refractivity contribution is -0.527. The molecule has 0 aliphatic carbocycles. The van der Waals surface area contributed by atoms with E-state index in [-0.39, 0.29) is 4.92 Å². The summed E-state index contributed by atoms with van der Waals surface area (Å²) in [6.45, 7) is 2.41. The van der Waals surface area contributed by atoms with Gasteiger partial charge in [0, 0.05) is 4.92 Å². The molecule has 0 unspecified atom stereocenters. The Bertz CT molecular complexity index is 794. The zero-order chi connectivity index (χ0) is 19.4. The highest BCUT2D eigenvalue weighted by Gasteiger charge is 2.54. The standard InChI is InChI=1S/C20H22N2O5/c1-3-27-15-11-9-13(10-12-15)16-18(20(23)26-2)21-17(19(16)22(24)25)14-7-5-4-6-8-14/h4-12,16-19,21H,3H2,1-2H3/t16-,17+,18+,19+/m0/s1. The number of nitrogens with zero attached hydrogens (tertiary/aromatic N) is 1. The van der Waals surface area contributed by atoms with Gasteiger partial charge in [0.1, 0.15) is 17.8 Å². The molecule has 27 heavy (non-hydrogen) atoms. The zero-order valence-corrected chi connectivity index (χ0v) is 15.2. The number of nitrogens with one attached hydrogen (secondary N) is 1. The van der Waals surface area contributed by atoms with Crippen molar-refractivity contribution in [1.82, 2.24) is 5.32 Å². The first kappa shape index (κ1) is 18.8. The van der Waals surface area contributed by atoms with Gasteiger partial charge >= 0.3 is 5.97 Å². The molecule has 1 saturated heterocycles. The van der Waals surface area contributed by atoms with Crippen LogP contribution >= 0.6 is 0 Å². The van der Waals surface area contributed by atoms with Crippen molar-refractivity contribution in [2.45, 2.75) is 31.0 Å². The first-order chi connectivity index (χ1) is 13.1. The summed E-state index contributed by atoms with van der Waals surface area (Å²) < 4.78 is 10.4. The Balaban J connectivity index is 2.03. The van der Waals surface area contributed by atoms with Crippen LogP contribution in [0.4, 0.5) is 0 Å². The van der Waals surface area contributed by atoms with Gasteiger partial charge in [-0.05, 0) is 30.2 Å². The molecule has 1 N–H and O–H groups in total. The van der Waals surface area contributed by atoms with Crippen LogP contribution in [0.15, 0.2) is 54.6 Å². The minimum atomic E-state index is -1.01. The van der Waals surface area contributed by atoms with Crippen LogP contribution in [-0.4, -0.2) is 36.7 Å². The summed E-state index contributed by atoms with van der Waals surface area (Å²) in [5.41, 5.74) is 1.46. The molecule has 0 aromatic heterocycles. The number of carbonyl (C=O) groups excluding carboxylic acids is 1. The molecule has 7 nitrogen and oxygen atoms in total. The average Bonchev–Trinajstić information content (AvgIpc) is 3.10. The normalized spacial score (nSPS) is 24.4. The van der Waals surface area contributed by atoms with Crippen molar-refractivity contribution >= 4 is 5.97 Å². The number of rotatable bonds is 6. The summed E-state index contributed by atoms with van der Waals surface area (Å²) in [5, 5.41) is 15.1. The molecule has 2 aromatic carbocycles. The predicted molar refractivity (Wildman–Crippen MR) is 99.3 cm³/mol. The maximum Gasteiger partial charge on any atom is 0.323 e. The summed E-state index contributed by atoms with van der Waals surface area (Å²) >= 11 is 0. The van der Waals surface area contributed by atoms with E-state index in [2.05, 4.69) is 5.32 Å². The Morgan fingerprint density at radius 1 is 1.11 bits per heavy atom. The minimum absolute atomic E-state index is 0.311. The molecule has 2 aromatic rings. The third kappa shape index (κ3) is 3.78. The maximum atomic E-state index is 12.4. The van der Waals surface area contributed by atoms with Gasteiger partial charge in [0.25, 0.3) is 0 Å². The van der Waals surface area contributed by atoms with Crippen LogP contribution in [0.2, 0.25) is 0 Å². The number of hydrogen-bond acceptors (Lipinski definition) is 6. The molecule has 1 aliphatic rings. The molecule has 3 rings (SSSR count). The van der Waals surface area contributed by atoms with E-state index in [1.54, 1.807) is 24.3 Å². The topological polar surface area (TPSA) is 90.7 Å². The highest BCUT2D eigenvalue weighted by atomic mass is 16.6. The Labute approximate surface area is 157 Å². The van der Waals surface area contributed by atoms with E-state index in [0.29, 0.717) is 17.9 Å². The molecule has 0 bridgehead atoms. The molecule has 7 heteroatoms. The minimum Gasteiger partial charge on any atom is -0.494 e. The second-order valence-corrected chi connectivity index (χ2v) is 6.36. The van der Waals surface area contributed by atoms with E-state index in [0.717, 1.165) is 5.56 Å². The number of methoxy groups -OCH3 is 1. The molecule has 0 spiro atoms. The Hall–Kier alpha value is -2.93. The molecule has 142 valence electrons. The monoisotopic (exact) mass is 370 g/mol. The summed E-state index contributed by atoms with van der Waals surface area (Å²) in [6, 6.07) is 13.8. The lowest BCUT2D eigenvalue weighted by Gasteiger charge is -2.19. The van der Waals surface area contributed by atoms with Gasteiger partial charge < -0.3 is 9.47 Å². The highest BCUT2D eigenvalue weighted by Crippen LogP contribution is 2.40. The van der Waals surface area contributed by atoms with Crippen molar-refractivity contribution in [3.8, 4) is 5.75 Å². The summed E-state index contributed by atoms with van der Waals surface area (Å²) in [7, 11) is 1.29. The first-order valence-electron chi connectivity index (χ1n) is 8.82. The predicted octanol–water partition coefficient (Wildman–Crippen LogP) is 2.70. The highest BCUT2D eigenvalue weighted by molar-refractivity contribution is 5.78. The van der Waals surface area contributed by atoms with Crippen LogP contribution in [0.5, 0.6) is 5.75 Å². The van der Waals surface area contributed by atoms with E-state index in [1.807, 2.05) is 37.3 Å². The van der Waals surface area contributed by atoms with Gasteiger partial charge in [-0.2, -0.15) is 0 Å². The van der Waals surface area contributed by atoms with Crippen molar-refractivity contribution in [3.05, 3.63) is 75.8 Å².